The molecule has 0 aliphatic carbocycles. The predicted molar refractivity (Wildman–Crippen MR) is 80.7 cm³/mol. The fraction of sp³-hybridized carbons (Fsp3) is 0.133. The second kappa shape index (κ2) is 5.49. The Bertz CT molecular complexity index is 852. The third-order valence-electron chi connectivity index (χ3n) is 2.97. The van der Waals surface area contributed by atoms with Gasteiger partial charge in [-0.05, 0) is 12.5 Å². The van der Waals surface area contributed by atoms with E-state index in [0.29, 0.717) is 22.0 Å². The first-order chi connectivity index (χ1) is 10.2. The summed E-state index contributed by atoms with van der Waals surface area (Å²) in [4.78, 5) is 29.3. The summed E-state index contributed by atoms with van der Waals surface area (Å²) < 4.78 is 6.33. The van der Waals surface area contributed by atoms with Crippen molar-refractivity contribution in [1.82, 2.24) is 9.38 Å². The van der Waals surface area contributed by atoms with Crippen molar-refractivity contribution in [3.63, 3.8) is 0 Å². The summed E-state index contributed by atoms with van der Waals surface area (Å²) in [6, 6.07) is 9.31. The largest absolute Gasteiger partial charge is 0.462 e. The lowest BCUT2D eigenvalue weighted by Crippen LogP contribution is -2.14. The number of carbonyl (C=O) groups is 1. The van der Waals surface area contributed by atoms with Gasteiger partial charge in [-0.15, -0.1) is 0 Å². The summed E-state index contributed by atoms with van der Waals surface area (Å²) in [7, 11) is 0. The lowest BCUT2D eigenvalue weighted by atomic mass is 10.1. The zero-order valence-electron chi connectivity index (χ0n) is 11.3. The first-order valence-corrected chi connectivity index (χ1v) is 7.26. The van der Waals surface area contributed by atoms with E-state index in [1.807, 2.05) is 30.3 Å². The van der Waals surface area contributed by atoms with Gasteiger partial charge in [0.15, 0.2) is 4.96 Å². The van der Waals surface area contributed by atoms with Crippen LogP contribution in [0.2, 0.25) is 0 Å². The van der Waals surface area contributed by atoms with E-state index in [9.17, 15) is 9.59 Å². The van der Waals surface area contributed by atoms with Crippen LogP contribution in [0.25, 0.3) is 16.1 Å². The number of thiazole rings is 1. The van der Waals surface area contributed by atoms with Crippen LogP contribution in [-0.4, -0.2) is 22.0 Å². The highest BCUT2D eigenvalue weighted by molar-refractivity contribution is 7.18. The molecule has 2 aromatic heterocycles. The zero-order chi connectivity index (χ0) is 14.8. The SMILES string of the molecule is CCOC(=O)c1cn2c(=O)c(-c3ccccc3)cnc2s1. The molecule has 0 fully saturated rings. The first kappa shape index (κ1) is 13.5. The number of fused-ring (bicyclic) bond motifs is 1. The van der Waals surface area contributed by atoms with Crippen LogP contribution in [0.3, 0.4) is 0 Å². The molecule has 0 aliphatic heterocycles. The highest BCUT2D eigenvalue weighted by Crippen LogP contribution is 2.19. The Kier molecular flexibility index (Phi) is 3.53. The fourth-order valence-corrected chi connectivity index (χ4v) is 2.83. The van der Waals surface area contributed by atoms with Crippen LogP contribution in [0.5, 0.6) is 0 Å². The minimum atomic E-state index is -0.436. The Balaban J connectivity index is 2.13. The number of esters is 1. The molecular weight excluding hydrogens is 288 g/mol. The number of hydrogen-bond donors (Lipinski definition) is 0. The van der Waals surface area contributed by atoms with Gasteiger partial charge in [-0.25, -0.2) is 9.78 Å². The van der Waals surface area contributed by atoms with E-state index in [1.54, 1.807) is 13.1 Å². The molecule has 21 heavy (non-hydrogen) atoms. The van der Waals surface area contributed by atoms with Crippen molar-refractivity contribution in [2.24, 2.45) is 0 Å². The Labute approximate surface area is 124 Å². The molecule has 0 atom stereocenters. The average Bonchev–Trinajstić information content (AvgIpc) is 2.94. The van der Waals surface area contributed by atoms with Gasteiger partial charge in [0.1, 0.15) is 4.88 Å². The van der Waals surface area contributed by atoms with Gasteiger partial charge in [0.25, 0.3) is 5.56 Å². The van der Waals surface area contributed by atoms with Crippen molar-refractivity contribution in [2.45, 2.75) is 6.92 Å². The third kappa shape index (κ3) is 2.45. The Morgan fingerprint density at radius 1 is 1.33 bits per heavy atom. The van der Waals surface area contributed by atoms with Gasteiger partial charge in [0.05, 0.1) is 12.2 Å². The molecule has 0 aliphatic rings. The molecule has 0 unspecified atom stereocenters. The van der Waals surface area contributed by atoms with Crippen LogP contribution >= 0.6 is 11.3 Å². The number of hydrogen-bond acceptors (Lipinski definition) is 5. The Morgan fingerprint density at radius 3 is 2.81 bits per heavy atom. The van der Waals surface area contributed by atoms with E-state index in [4.69, 9.17) is 4.74 Å². The predicted octanol–water partition coefficient (Wildman–Crippen LogP) is 2.60. The molecule has 6 heteroatoms. The van der Waals surface area contributed by atoms with Crippen molar-refractivity contribution in [3.8, 4) is 11.1 Å². The quantitative estimate of drug-likeness (QED) is 0.698. The normalized spacial score (nSPS) is 10.7. The summed E-state index contributed by atoms with van der Waals surface area (Å²) >= 11 is 1.14. The van der Waals surface area contributed by atoms with E-state index in [-0.39, 0.29) is 5.56 Å². The standard InChI is InChI=1S/C15H12N2O3S/c1-2-20-14(19)12-9-17-13(18)11(8-16-15(17)21-12)10-6-4-3-5-7-10/h3-9H,2H2,1H3. The topological polar surface area (TPSA) is 60.7 Å². The van der Waals surface area contributed by atoms with Crippen molar-refractivity contribution in [3.05, 3.63) is 58.0 Å². The minimum absolute atomic E-state index is 0.196. The van der Waals surface area contributed by atoms with Crippen LogP contribution < -0.4 is 5.56 Å². The molecule has 0 spiro atoms. The summed E-state index contributed by atoms with van der Waals surface area (Å²) in [5.41, 5.74) is 1.10. The van der Waals surface area contributed by atoms with Crippen LogP contribution in [0, 0.1) is 0 Å². The highest BCUT2D eigenvalue weighted by atomic mass is 32.1. The molecule has 0 saturated heterocycles. The molecule has 0 N–H and O–H groups in total. The van der Waals surface area contributed by atoms with Gasteiger partial charge in [-0.2, -0.15) is 0 Å². The maximum absolute atomic E-state index is 12.5. The summed E-state index contributed by atoms with van der Waals surface area (Å²) in [5.74, 6) is -0.436. The lowest BCUT2D eigenvalue weighted by molar-refractivity contribution is 0.0531. The average molecular weight is 300 g/mol. The van der Waals surface area contributed by atoms with Gasteiger partial charge in [0, 0.05) is 12.4 Å². The summed E-state index contributed by atoms with van der Waals surface area (Å²) in [5, 5.41) is 0. The molecule has 5 nitrogen and oxygen atoms in total. The smallest absolute Gasteiger partial charge is 0.349 e. The van der Waals surface area contributed by atoms with Crippen LogP contribution in [0.1, 0.15) is 16.6 Å². The second-order valence-electron chi connectivity index (χ2n) is 4.31. The van der Waals surface area contributed by atoms with Crippen molar-refractivity contribution in [2.75, 3.05) is 6.61 Å². The van der Waals surface area contributed by atoms with Gasteiger partial charge in [-0.1, -0.05) is 41.7 Å². The molecule has 106 valence electrons. The number of rotatable bonds is 3. The van der Waals surface area contributed by atoms with Gasteiger partial charge in [-0.3, -0.25) is 9.20 Å². The van der Waals surface area contributed by atoms with Crippen LogP contribution in [0.15, 0.2) is 47.5 Å². The van der Waals surface area contributed by atoms with Gasteiger partial charge < -0.3 is 4.74 Å². The van der Waals surface area contributed by atoms with Gasteiger partial charge in [0.2, 0.25) is 0 Å². The number of aromatic nitrogens is 2. The molecule has 0 amide bonds. The zero-order valence-corrected chi connectivity index (χ0v) is 12.1. The molecule has 2 heterocycles. The maximum Gasteiger partial charge on any atom is 0.349 e. The molecule has 0 bridgehead atoms. The second-order valence-corrected chi connectivity index (χ2v) is 5.32. The van der Waals surface area contributed by atoms with E-state index < -0.39 is 5.97 Å². The van der Waals surface area contributed by atoms with Crippen LogP contribution in [0.4, 0.5) is 0 Å². The monoisotopic (exact) mass is 300 g/mol. The van der Waals surface area contributed by atoms with Crippen molar-refractivity contribution < 1.29 is 9.53 Å². The molecular formula is C15H12N2O3S. The van der Waals surface area contributed by atoms with E-state index in [2.05, 4.69) is 4.98 Å². The number of benzene rings is 1. The number of nitrogens with zero attached hydrogens (tertiary/aromatic N) is 2. The molecule has 3 aromatic rings. The highest BCUT2D eigenvalue weighted by Gasteiger charge is 2.15. The van der Waals surface area contributed by atoms with E-state index >= 15 is 0 Å². The van der Waals surface area contributed by atoms with Crippen molar-refractivity contribution >= 4 is 22.3 Å². The molecule has 0 radical (unpaired) electrons. The third-order valence-corrected chi connectivity index (χ3v) is 3.95. The minimum Gasteiger partial charge on any atom is -0.462 e. The van der Waals surface area contributed by atoms with Gasteiger partial charge >= 0.3 is 5.97 Å². The van der Waals surface area contributed by atoms with E-state index in [0.717, 1.165) is 16.9 Å². The molecule has 3 rings (SSSR count). The number of ether oxygens (including phenoxy) is 1. The van der Waals surface area contributed by atoms with Crippen LogP contribution in [-0.2, 0) is 4.74 Å². The maximum atomic E-state index is 12.5. The number of carbonyl (C=O) groups excluding carboxylic acids is 1. The molecule has 0 saturated carbocycles. The Morgan fingerprint density at radius 2 is 2.10 bits per heavy atom. The lowest BCUT2D eigenvalue weighted by Gasteiger charge is -2.00. The molecule has 1 aromatic carbocycles. The summed E-state index contributed by atoms with van der Waals surface area (Å²) in [6.45, 7) is 2.04. The fourth-order valence-electron chi connectivity index (χ4n) is 2.00. The summed E-state index contributed by atoms with van der Waals surface area (Å²) in [6.07, 6.45) is 3.03. The first-order valence-electron chi connectivity index (χ1n) is 6.44. The Hall–Kier alpha value is -2.47. The van der Waals surface area contributed by atoms with E-state index in [1.165, 1.54) is 10.6 Å². The van der Waals surface area contributed by atoms with Crippen molar-refractivity contribution in [1.29, 1.82) is 0 Å².